The molecular weight excluding hydrogens is 440 g/mol. The summed E-state index contributed by atoms with van der Waals surface area (Å²) in [6.07, 6.45) is 0.644. The molecule has 170 valence electrons. The number of halogens is 1. The molecule has 3 N–H and O–H groups in total. The summed E-state index contributed by atoms with van der Waals surface area (Å²) in [5.41, 5.74) is 7.94. The molecule has 0 bridgehead atoms. The van der Waals surface area contributed by atoms with Crippen LogP contribution in [0.25, 0.3) is 0 Å². The molecule has 3 amide bonds. The molecule has 1 aliphatic rings. The van der Waals surface area contributed by atoms with Crippen LogP contribution in [0.5, 0.6) is 0 Å². The number of nitrogens with one attached hydrogen (secondary N) is 1. The third kappa shape index (κ3) is 5.94. The number of rotatable bonds is 2. The van der Waals surface area contributed by atoms with Gasteiger partial charge >= 0.3 is 6.03 Å². The van der Waals surface area contributed by atoms with Crippen LogP contribution in [0.1, 0.15) is 28.3 Å². The number of nitrogen functional groups attached to an aromatic ring is 1. The molecule has 4 rings (SSSR count). The van der Waals surface area contributed by atoms with Crippen molar-refractivity contribution < 1.29 is 18.8 Å². The Morgan fingerprint density at radius 1 is 0.938 bits per heavy atom. The maximum absolute atomic E-state index is 12.4. The minimum Gasteiger partial charge on any atom is -0.379 e. The van der Waals surface area contributed by atoms with Gasteiger partial charge in [0.25, 0.3) is 5.91 Å². The van der Waals surface area contributed by atoms with Gasteiger partial charge in [0, 0.05) is 36.9 Å². The summed E-state index contributed by atoms with van der Waals surface area (Å²) in [7, 11) is 0. The van der Waals surface area contributed by atoms with Crippen LogP contribution in [-0.4, -0.2) is 68.5 Å². The second-order valence-corrected chi connectivity index (χ2v) is 7.44. The Balaban J connectivity index is 0.000000352. The van der Waals surface area contributed by atoms with Gasteiger partial charge in [-0.3, -0.25) is 4.79 Å². The largest absolute Gasteiger partial charge is 0.379 e. The van der Waals surface area contributed by atoms with Crippen molar-refractivity contribution in [2.24, 2.45) is 0 Å². The first-order valence-electron chi connectivity index (χ1n) is 9.79. The number of anilines is 2. The average Bonchev–Trinajstić information content (AvgIpc) is 3.27. The predicted molar refractivity (Wildman–Crippen MR) is 115 cm³/mol. The quantitative estimate of drug-likeness (QED) is 0.583. The maximum atomic E-state index is 12.4. The van der Waals surface area contributed by atoms with Gasteiger partial charge in [-0.25, -0.2) is 14.1 Å². The smallest absolute Gasteiger partial charge is 0.321 e. The van der Waals surface area contributed by atoms with E-state index in [-0.39, 0.29) is 23.5 Å². The molecule has 32 heavy (non-hydrogen) atoms. The highest BCUT2D eigenvalue weighted by Crippen LogP contribution is 2.15. The monoisotopic (exact) mass is 462 g/mol. The highest BCUT2D eigenvalue weighted by Gasteiger charge is 2.26. The first kappa shape index (κ1) is 23.0. The molecule has 0 atom stereocenters. The lowest BCUT2D eigenvalue weighted by Gasteiger charge is -2.22. The van der Waals surface area contributed by atoms with Gasteiger partial charge in [0.2, 0.25) is 11.5 Å². The summed E-state index contributed by atoms with van der Waals surface area (Å²) in [6, 6.07) is 6.65. The van der Waals surface area contributed by atoms with Crippen molar-refractivity contribution in [2.45, 2.75) is 20.3 Å². The SMILES string of the molecule is Cc1nonc1C.Nc1nonc1C(=O)N1CCCN(C(=O)Nc2ccc(Cl)cc2)CC1. The zero-order valence-electron chi connectivity index (χ0n) is 17.6. The molecule has 2 aromatic heterocycles. The van der Waals surface area contributed by atoms with Crippen molar-refractivity contribution in [3.63, 3.8) is 0 Å². The number of carbonyl (C=O) groups is 2. The molecule has 0 radical (unpaired) electrons. The zero-order valence-corrected chi connectivity index (χ0v) is 18.4. The molecule has 1 fully saturated rings. The standard InChI is InChI=1S/C15H17ClN6O3.C4H6N2O/c16-10-2-4-11(5-3-10)18-15(24)22-7-1-6-21(8-9-22)14(23)12-13(17)20-25-19-12;1-3-4(2)6-7-5-3/h2-5H,1,6-9H2,(H2,17,20)(H,18,24);1-2H3. The van der Waals surface area contributed by atoms with Crippen molar-refractivity contribution in [3.05, 3.63) is 46.4 Å². The van der Waals surface area contributed by atoms with E-state index in [4.69, 9.17) is 17.3 Å². The zero-order chi connectivity index (χ0) is 23.1. The molecule has 13 heteroatoms. The second kappa shape index (κ2) is 10.6. The maximum Gasteiger partial charge on any atom is 0.321 e. The number of amides is 3. The van der Waals surface area contributed by atoms with Gasteiger partial charge in [0.15, 0.2) is 0 Å². The molecule has 0 saturated carbocycles. The lowest BCUT2D eigenvalue weighted by Crippen LogP contribution is -2.39. The number of hydrogen-bond acceptors (Lipinski definition) is 9. The van der Waals surface area contributed by atoms with Crippen LogP contribution < -0.4 is 11.1 Å². The fourth-order valence-electron chi connectivity index (χ4n) is 2.83. The Kier molecular flexibility index (Phi) is 7.60. The van der Waals surface area contributed by atoms with Gasteiger partial charge in [0.05, 0.1) is 0 Å². The molecular formula is C19H23ClN8O4. The molecule has 0 spiro atoms. The fraction of sp³-hybridized carbons (Fsp3) is 0.368. The van der Waals surface area contributed by atoms with Crippen LogP contribution in [0.15, 0.2) is 33.5 Å². The normalized spacial score (nSPS) is 13.7. The van der Waals surface area contributed by atoms with E-state index in [0.717, 1.165) is 11.4 Å². The third-order valence-electron chi connectivity index (χ3n) is 4.76. The summed E-state index contributed by atoms with van der Waals surface area (Å²) >= 11 is 5.83. The Morgan fingerprint density at radius 3 is 2.09 bits per heavy atom. The van der Waals surface area contributed by atoms with E-state index in [2.05, 4.69) is 35.2 Å². The highest BCUT2D eigenvalue weighted by molar-refractivity contribution is 6.30. The number of urea groups is 1. The van der Waals surface area contributed by atoms with Crippen molar-refractivity contribution >= 4 is 35.0 Å². The summed E-state index contributed by atoms with van der Waals surface area (Å²) in [6.45, 7) is 5.51. The lowest BCUT2D eigenvalue weighted by atomic mass is 10.3. The molecule has 0 unspecified atom stereocenters. The summed E-state index contributed by atoms with van der Waals surface area (Å²) in [4.78, 5) is 28.0. The van der Waals surface area contributed by atoms with Crippen LogP contribution in [0, 0.1) is 13.8 Å². The van der Waals surface area contributed by atoms with Crippen molar-refractivity contribution in [2.75, 3.05) is 37.2 Å². The number of hydrogen-bond donors (Lipinski definition) is 2. The van der Waals surface area contributed by atoms with Crippen LogP contribution in [0.4, 0.5) is 16.3 Å². The van der Waals surface area contributed by atoms with Crippen LogP contribution in [-0.2, 0) is 0 Å². The van der Waals surface area contributed by atoms with Crippen LogP contribution in [0.2, 0.25) is 5.02 Å². The average molecular weight is 463 g/mol. The van der Waals surface area contributed by atoms with Gasteiger partial charge in [-0.05, 0) is 54.8 Å². The second-order valence-electron chi connectivity index (χ2n) is 7.00. The Morgan fingerprint density at radius 2 is 1.53 bits per heavy atom. The summed E-state index contributed by atoms with van der Waals surface area (Å²) in [5.74, 6) is -0.384. The van der Waals surface area contributed by atoms with Crippen molar-refractivity contribution in [3.8, 4) is 0 Å². The fourth-order valence-corrected chi connectivity index (χ4v) is 2.95. The van der Waals surface area contributed by atoms with Crippen molar-refractivity contribution in [1.82, 2.24) is 30.4 Å². The topological polar surface area (TPSA) is 157 Å². The van der Waals surface area contributed by atoms with E-state index in [9.17, 15) is 9.59 Å². The summed E-state index contributed by atoms with van der Waals surface area (Å²) < 4.78 is 8.81. The number of carbonyl (C=O) groups excluding carboxylic acids is 2. The van der Waals surface area contributed by atoms with E-state index < -0.39 is 0 Å². The Hall–Kier alpha value is -3.67. The highest BCUT2D eigenvalue weighted by atomic mass is 35.5. The molecule has 1 saturated heterocycles. The first-order valence-corrected chi connectivity index (χ1v) is 10.2. The lowest BCUT2D eigenvalue weighted by molar-refractivity contribution is 0.0752. The van der Waals surface area contributed by atoms with Gasteiger partial charge < -0.3 is 20.9 Å². The van der Waals surface area contributed by atoms with E-state index in [1.165, 1.54) is 0 Å². The van der Waals surface area contributed by atoms with E-state index in [0.29, 0.717) is 43.3 Å². The Bertz CT molecular complexity index is 1040. The summed E-state index contributed by atoms with van der Waals surface area (Å²) in [5, 5.41) is 17.4. The van der Waals surface area contributed by atoms with Crippen molar-refractivity contribution in [1.29, 1.82) is 0 Å². The third-order valence-corrected chi connectivity index (χ3v) is 5.01. The van der Waals surface area contributed by atoms with Crippen LogP contribution >= 0.6 is 11.6 Å². The molecule has 0 aliphatic carbocycles. The molecule has 3 aromatic rings. The molecule has 3 heterocycles. The molecule has 1 aromatic carbocycles. The van der Waals surface area contributed by atoms with Gasteiger partial charge in [-0.15, -0.1) is 0 Å². The number of nitrogens with two attached hydrogens (primary N) is 1. The minimum atomic E-state index is -0.348. The number of aromatic nitrogens is 4. The number of nitrogens with zero attached hydrogens (tertiary/aromatic N) is 6. The Labute approximate surface area is 188 Å². The number of aryl methyl sites for hydroxylation is 2. The van der Waals surface area contributed by atoms with Gasteiger partial charge in [0.1, 0.15) is 11.4 Å². The van der Waals surface area contributed by atoms with Gasteiger partial charge in [-0.1, -0.05) is 21.9 Å². The van der Waals surface area contributed by atoms with Gasteiger partial charge in [-0.2, -0.15) is 0 Å². The van der Waals surface area contributed by atoms with E-state index >= 15 is 0 Å². The molecule has 12 nitrogen and oxygen atoms in total. The first-order chi connectivity index (χ1) is 15.3. The minimum absolute atomic E-state index is 0.000865. The van der Waals surface area contributed by atoms with E-state index in [1.807, 2.05) is 13.8 Å². The van der Waals surface area contributed by atoms with Crippen LogP contribution in [0.3, 0.4) is 0 Å². The van der Waals surface area contributed by atoms with E-state index in [1.54, 1.807) is 34.1 Å². The predicted octanol–water partition coefficient (Wildman–Crippen LogP) is 2.37. The number of benzene rings is 1. The molecule has 1 aliphatic heterocycles.